The van der Waals surface area contributed by atoms with Crippen molar-refractivity contribution in [2.24, 2.45) is 0 Å². The number of sulfone groups is 1. The van der Waals surface area contributed by atoms with Crippen LogP contribution in [0, 0.1) is 12.7 Å². The normalized spacial score (nSPS) is 11.5. The van der Waals surface area contributed by atoms with Crippen molar-refractivity contribution in [2.75, 3.05) is 16.9 Å². The van der Waals surface area contributed by atoms with Gasteiger partial charge >= 0.3 is 0 Å². The molecule has 0 fully saturated rings. The number of nitrogens with two attached hydrogens (primary N) is 1. The number of fused-ring (bicyclic) bond motifs is 1. The number of aromatic nitrogens is 2. The molecule has 0 atom stereocenters. The summed E-state index contributed by atoms with van der Waals surface area (Å²) >= 11 is 6.07. The van der Waals surface area contributed by atoms with Gasteiger partial charge in [0.05, 0.1) is 28.2 Å². The Labute approximate surface area is 200 Å². The number of aryl methyl sites for hydroxylation is 1. The lowest BCUT2D eigenvalue weighted by Crippen LogP contribution is -2.31. The fourth-order valence-corrected chi connectivity index (χ4v) is 4.64. The molecule has 7 nitrogen and oxygen atoms in total. The second kappa shape index (κ2) is 9.00. The van der Waals surface area contributed by atoms with Crippen molar-refractivity contribution in [3.05, 3.63) is 88.5 Å². The van der Waals surface area contributed by atoms with Crippen molar-refractivity contribution >= 4 is 49.8 Å². The standard InChI is InChI=1S/C24H20ClFN4O3S/c1-14-3-5-17(12-28-14)24(31)30(21-8-7-18(25)11-22(21)34(2,32)33)13-15-4-6-16-10-19(26)23(27)29-20(16)9-15/h3-12H,13H2,1-2H3,(H2,27,29). The lowest BCUT2D eigenvalue weighted by Gasteiger charge is -2.25. The quantitative estimate of drug-likeness (QED) is 0.432. The highest BCUT2D eigenvalue weighted by molar-refractivity contribution is 7.90. The van der Waals surface area contributed by atoms with Crippen LogP contribution < -0.4 is 10.6 Å². The molecule has 2 N–H and O–H groups in total. The van der Waals surface area contributed by atoms with Gasteiger partial charge < -0.3 is 10.6 Å². The third-order valence-electron chi connectivity index (χ3n) is 5.22. The van der Waals surface area contributed by atoms with Gasteiger partial charge in [0.1, 0.15) is 0 Å². The minimum Gasteiger partial charge on any atom is -0.381 e. The van der Waals surface area contributed by atoms with Crippen LogP contribution in [0.2, 0.25) is 5.02 Å². The van der Waals surface area contributed by atoms with E-state index in [1.807, 2.05) is 0 Å². The number of anilines is 2. The number of hydrogen-bond donors (Lipinski definition) is 1. The summed E-state index contributed by atoms with van der Waals surface area (Å²) in [5.74, 6) is -1.31. The zero-order chi connectivity index (χ0) is 24.6. The van der Waals surface area contributed by atoms with Crippen molar-refractivity contribution in [3.8, 4) is 0 Å². The molecule has 0 saturated carbocycles. The first-order valence-electron chi connectivity index (χ1n) is 10.1. The summed E-state index contributed by atoms with van der Waals surface area (Å²) in [5, 5.41) is 0.764. The number of carbonyl (C=O) groups excluding carboxylic acids is 1. The van der Waals surface area contributed by atoms with E-state index in [4.69, 9.17) is 17.3 Å². The number of hydrogen-bond acceptors (Lipinski definition) is 6. The van der Waals surface area contributed by atoms with Crippen LogP contribution in [0.25, 0.3) is 10.9 Å². The van der Waals surface area contributed by atoms with Gasteiger partial charge in [0.25, 0.3) is 5.91 Å². The summed E-state index contributed by atoms with van der Waals surface area (Å²) in [4.78, 5) is 23.1. The smallest absolute Gasteiger partial charge is 0.260 e. The number of amides is 1. The summed E-state index contributed by atoms with van der Waals surface area (Å²) in [6.45, 7) is 1.80. The zero-order valence-corrected chi connectivity index (χ0v) is 19.9. The number of nitrogens with zero attached hydrogens (tertiary/aromatic N) is 3. The van der Waals surface area contributed by atoms with E-state index in [-0.39, 0.29) is 33.5 Å². The summed E-state index contributed by atoms with van der Waals surface area (Å²) in [5.41, 5.74) is 7.87. The van der Waals surface area contributed by atoms with Crippen LogP contribution in [-0.4, -0.2) is 30.5 Å². The predicted octanol–water partition coefficient (Wildman–Crippen LogP) is 4.56. The molecule has 34 heavy (non-hydrogen) atoms. The van der Waals surface area contributed by atoms with Gasteiger partial charge in [-0.15, -0.1) is 0 Å². The highest BCUT2D eigenvalue weighted by Gasteiger charge is 2.25. The van der Waals surface area contributed by atoms with Crippen LogP contribution in [0.1, 0.15) is 21.6 Å². The Kier molecular flexibility index (Phi) is 6.24. The van der Waals surface area contributed by atoms with Crippen molar-refractivity contribution in [1.29, 1.82) is 0 Å². The van der Waals surface area contributed by atoms with Gasteiger partial charge in [0.15, 0.2) is 21.5 Å². The molecule has 0 unspecified atom stereocenters. The molecule has 0 saturated heterocycles. The molecule has 0 spiro atoms. The summed E-state index contributed by atoms with van der Waals surface area (Å²) < 4.78 is 38.9. The largest absolute Gasteiger partial charge is 0.381 e. The Morgan fingerprint density at radius 3 is 2.56 bits per heavy atom. The van der Waals surface area contributed by atoms with Gasteiger partial charge in [0.2, 0.25) is 0 Å². The second-order valence-electron chi connectivity index (χ2n) is 7.85. The van der Waals surface area contributed by atoms with Crippen molar-refractivity contribution in [2.45, 2.75) is 18.4 Å². The van der Waals surface area contributed by atoms with Crippen LogP contribution in [0.5, 0.6) is 0 Å². The molecule has 2 heterocycles. The van der Waals surface area contributed by atoms with E-state index < -0.39 is 21.6 Å². The maximum absolute atomic E-state index is 13.8. The van der Waals surface area contributed by atoms with Crippen molar-refractivity contribution in [3.63, 3.8) is 0 Å². The zero-order valence-electron chi connectivity index (χ0n) is 18.3. The van der Waals surface area contributed by atoms with Gasteiger partial charge in [-0.05, 0) is 55.0 Å². The molecule has 0 bridgehead atoms. The number of pyridine rings is 2. The fourth-order valence-electron chi connectivity index (χ4n) is 3.51. The molecule has 0 aliphatic heterocycles. The maximum atomic E-state index is 13.8. The lowest BCUT2D eigenvalue weighted by molar-refractivity contribution is 0.0984. The number of halogens is 2. The first-order valence-corrected chi connectivity index (χ1v) is 12.4. The topological polar surface area (TPSA) is 106 Å². The molecular weight excluding hydrogens is 479 g/mol. The first kappa shape index (κ1) is 23.6. The highest BCUT2D eigenvalue weighted by Crippen LogP contribution is 2.31. The Hall–Kier alpha value is -3.56. The molecule has 4 aromatic rings. The van der Waals surface area contributed by atoms with E-state index in [9.17, 15) is 17.6 Å². The number of rotatable bonds is 5. The third kappa shape index (κ3) is 4.85. The van der Waals surface area contributed by atoms with Crippen LogP contribution >= 0.6 is 11.6 Å². The fraction of sp³-hybridized carbons (Fsp3) is 0.125. The van der Waals surface area contributed by atoms with Gasteiger partial charge in [0, 0.05) is 28.6 Å². The molecule has 4 rings (SSSR count). The number of carbonyl (C=O) groups is 1. The Morgan fingerprint density at radius 1 is 1.12 bits per heavy atom. The second-order valence-corrected chi connectivity index (χ2v) is 10.3. The van der Waals surface area contributed by atoms with E-state index in [1.165, 1.54) is 35.4 Å². The van der Waals surface area contributed by atoms with E-state index in [0.29, 0.717) is 16.5 Å². The van der Waals surface area contributed by atoms with E-state index >= 15 is 0 Å². The minimum absolute atomic E-state index is 0.00572. The average molecular weight is 499 g/mol. The highest BCUT2D eigenvalue weighted by atomic mass is 35.5. The SMILES string of the molecule is Cc1ccc(C(=O)N(Cc2ccc3cc(F)c(N)nc3c2)c2ccc(Cl)cc2S(C)(=O)=O)cn1. The lowest BCUT2D eigenvalue weighted by atomic mass is 10.1. The summed E-state index contributed by atoms with van der Waals surface area (Å²) in [7, 11) is -3.73. The van der Waals surface area contributed by atoms with Crippen molar-refractivity contribution < 1.29 is 17.6 Å². The van der Waals surface area contributed by atoms with Crippen LogP contribution in [0.4, 0.5) is 15.9 Å². The number of benzene rings is 2. The predicted molar refractivity (Wildman–Crippen MR) is 130 cm³/mol. The molecule has 10 heteroatoms. The van der Waals surface area contributed by atoms with Gasteiger partial charge in [-0.25, -0.2) is 17.8 Å². The molecule has 0 aliphatic carbocycles. The van der Waals surface area contributed by atoms with E-state index in [1.54, 1.807) is 37.3 Å². The third-order valence-corrected chi connectivity index (χ3v) is 6.58. The molecule has 0 radical (unpaired) electrons. The monoisotopic (exact) mass is 498 g/mol. The molecular formula is C24H20ClFN4O3S. The van der Waals surface area contributed by atoms with Gasteiger partial charge in [-0.2, -0.15) is 0 Å². The van der Waals surface area contributed by atoms with Gasteiger partial charge in [-0.1, -0.05) is 23.7 Å². The van der Waals surface area contributed by atoms with Crippen LogP contribution in [0.3, 0.4) is 0 Å². The maximum Gasteiger partial charge on any atom is 0.260 e. The average Bonchev–Trinajstić information content (AvgIpc) is 2.78. The van der Waals surface area contributed by atoms with E-state index in [0.717, 1.165) is 11.9 Å². The van der Waals surface area contributed by atoms with Crippen LogP contribution in [0.15, 0.2) is 65.7 Å². The Morgan fingerprint density at radius 2 is 1.88 bits per heavy atom. The molecule has 2 aromatic heterocycles. The minimum atomic E-state index is -3.73. The Bertz CT molecular complexity index is 1530. The summed E-state index contributed by atoms with van der Waals surface area (Å²) in [6.07, 6.45) is 2.49. The summed E-state index contributed by atoms with van der Waals surface area (Å²) in [6, 6.07) is 14.0. The molecule has 0 aliphatic rings. The van der Waals surface area contributed by atoms with E-state index in [2.05, 4.69) is 9.97 Å². The molecule has 1 amide bonds. The first-order chi connectivity index (χ1) is 16.0. The number of nitrogen functional groups attached to an aromatic ring is 1. The van der Waals surface area contributed by atoms with Crippen molar-refractivity contribution in [1.82, 2.24) is 9.97 Å². The van der Waals surface area contributed by atoms with Gasteiger partial charge in [-0.3, -0.25) is 9.78 Å². The Balaban J connectivity index is 1.85. The molecule has 2 aromatic carbocycles. The molecule has 174 valence electrons. The van der Waals surface area contributed by atoms with Crippen LogP contribution in [-0.2, 0) is 16.4 Å².